The summed E-state index contributed by atoms with van der Waals surface area (Å²) in [4.78, 5) is 24.8. The molecular weight excluding hydrogens is 504 g/mol. The largest absolute Gasteiger partial charge is 0.416 e. The molecule has 0 bridgehead atoms. The highest BCUT2D eigenvalue weighted by Gasteiger charge is 2.37. The van der Waals surface area contributed by atoms with Gasteiger partial charge in [-0.1, -0.05) is 0 Å². The van der Waals surface area contributed by atoms with E-state index < -0.39 is 35.2 Å². The molecule has 198 valence electrons. The Bertz CT molecular complexity index is 1280. The molecule has 0 unspecified atom stereocenters. The number of benzene rings is 1. The van der Waals surface area contributed by atoms with Crippen LogP contribution in [0.1, 0.15) is 28.3 Å². The summed E-state index contributed by atoms with van der Waals surface area (Å²) in [5.74, 6) is 1.71. The molecule has 0 aliphatic carbocycles. The highest BCUT2D eigenvalue weighted by molar-refractivity contribution is 5.89. The Hall–Kier alpha value is -3.84. The predicted octanol–water partition coefficient (Wildman–Crippen LogP) is 4.98. The van der Waals surface area contributed by atoms with Crippen LogP contribution in [0.2, 0.25) is 0 Å². The number of rotatable bonds is 3. The predicted molar refractivity (Wildman–Crippen MR) is 123 cm³/mol. The van der Waals surface area contributed by atoms with E-state index in [2.05, 4.69) is 20.4 Å². The van der Waals surface area contributed by atoms with Crippen molar-refractivity contribution in [3.63, 3.8) is 0 Å². The Labute approximate surface area is 207 Å². The number of hydrogen-bond donors (Lipinski definition) is 1. The van der Waals surface area contributed by atoms with Gasteiger partial charge in [0, 0.05) is 43.6 Å². The molecule has 2 amide bonds. The van der Waals surface area contributed by atoms with Crippen LogP contribution in [0.4, 0.5) is 42.6 Å². The zero-order valence-electron chi connectivity index (χ0n) is 20.1. The molecule has 1 aliphatic heterocycles. The molecule has 1 saturated heterocycles. The van der Waals surface area contributed by atoms with Gasteiger partial charge < -0.3 is 15.1 Å². The molecule has 1 aliphatic rings. The van der Waals surface area contributed by atoms with Crippen molar-refractivity contribution in [1.29, 1.82) is 0 Å². The SMILES string of the molecule is Cc1cc(C)n(-c2cc(N3CCN(C(=O)Nc4cc(C(F)(F)F)cc(C(F)(F)F)c4)CC3)nc(C)n2)n1. The molecule has 1 aromatic carbocycles. The van der Waals surface area contributed by atoms with Gasteiger partial charge in [-0.25, -0.2) is 19.4 Å². The van der Waals surface area contributed by atoms with Gasteiger partial charge in [-0.2, -0.15) is 31.4 Å². The highest BCUT2D eigenvalue weighted by Crippen LogP contribution is 2.37. The molecule has 1 N–H and O–H groups in total. The lowest BCUT2D eigenvalue weighted by Gasteiger charge is -2.35. The van der Waals surface area contributed by atoms with E-state index in [9.17, 15) is 31.1 Å². The third kappa shape index (κ3) is 5.94. The van der Waals surface area contributed by atoms with Gasteiger partial charge in [-0.3, -0.25) is 0 Å². The van der Waals surface area contributed by atoms with Gasteiger partial charge in [0.15, 0.2) is 5.82 Å². The Balaban J connectivity index is 1.46. The van der Waals surface area contributed by atoms with Crippen molar-refractivity contribution in [1.82, 2.24) is 24.6 Å². The summed E-state index contributed by atoms with van der Waals surface area (Å²) < 4.78 is 80.3. The molecule has 3 heterocycles. The summed E-state index contributed by atoms with van der Waals surface area (Å²) in [7, 11) is 0. The van der Waals surface area contributed by atoms with Crippen LogP contribution in [-0.4, -0.2) is 56.9 Å². The number of aryl methyl sites for hydroxylation is 3. The maximum atomic E-state index is 13.1. The second-order valence-corrected chi connectivity index (χ2v) is 8.67. The van der Waals surface area contributed by atoms with Crippen molar-refractivity contribution >= 4 is 17.5 Å². The molecule has 2 aromatic heterocycles. The van der Waals surface area contributed by atoms with Crippen LogP contribution in [0.3, 0.4) is 0 Å². The van der Waals surface area contributed by atoms with Gasteiger partial charge in [0.2, 0.25) is 0 Å². The minimum absolute atomic E-state index is 0.0123. The number of hydrogen-bond acceptors (Lipinski definition) is 5. The van der Waals surface area contributed by atoms with Crippen molar-refractivity contribution in [2.24, 2.45) is 0 Å². The fourth-order valence-corrected chi connectivity index (χ4v) is 4.04. The van der Waals surface area contributed by atoms with Crippen LogP contribution < -0.4 is 10.2 Å². The second-order valence-electron chi connectivity index (χ2n) is 8.67. The molecule has 37 heavy (non-hydrogen) atoms. The van der Waals surface area contributed by atoms with Crippen LogP contribution in [0, 0.1) is 20.8 Å². The first-order chi connectivity index (χ1) is 17.2. The lowest BCUT2D eigenvalue weighted by Crippen LogP contribution is -2.50. The van der Waals surface area contributed by atoms with Gasteiger partial charge in [-0.05, 0) is 45.0 Å². The summed E-state index contributed by atoms with van der Waals surface area (Å²) in [6.07, 6.45) is -10.0. The standard InChI is InChI=1S/C23H23F6N7O/c1-13-8-14(2)36(33-13)20-12-19(30-15(3)31-20)34-4-6-35(7-5-34)21(37)32-18-10-16(22(24,25)26)9-17(11-18)23(27,28)29/h8-12H,4-7H2,1-3H3,(H,32,37). The average molecular weight is 527 g/mol. The molecule has 0 radical (unpaired) electrons. The lowest BCUT2D eigenvalue weighted by atomic mass is 10.1. The fourth-order valence-electron chi connectivity index (χ4n) is 4.04. The number of carbonyl (C=O) groups excluding carboxylic acids is 1. The van der Waals surface area contributed by atoms with Crippen molar-refractivity contribution in [3.8, 4) is 5.82 Å². The van der Waals surface area contributed by atoms with Crippen LogP contribution in [-0.2, 0) is 12.4 Å². The van der Waals surface area contributed by atoms with E-state index in [4.69, 9.17) is 0 Å². The van der Waals surface area contributed by atoms with Crippen molar-refractivity contribution in [2.45, 2.75) is 33.1 Å². The van der Waals surface area contributed by atoms with E-state index >= 15 is 0 Å². The van der Waals surface area contributed by atoms with Crippen molar-refractivity contribution in [2.75, 3.05) is 36.4 Å². The molecule has 0 atom stereocenters. The van der Waals surface area contributed by atoms with Crippen LogP contribution in [0.15, 0.2) is 30.3 Å². The summed E-state index contributed by atoms with van der Waals surface area (Å²) in [6, 6.07) is 3.86. The average Bonchev–Trinajstić information content (AvgIpc) is 3.15. The molecule has 3 aromatic rings. The Morgan fingerprint density at radius 3 is 1.89 bits per heavy atom. The monoisotopic (exact) mass is 527 g/mol. The summed E-state index contributed by atoms with van der Waals surface area (Å²) in [6.45, 7) is 6.55. The highest BCUT2D eigenvalue weighted by atomic mass is 19.4. The third-order valence-electron chi connectivity index (χ3n) is 5.77. The van der Waals surface area contributed by atoms with Gasteiger partial charge >= 0.3 is 18.4 Å². The minimum Gasteiger partial charge on any atom is -0.353 e. The Morgan fingerprint density at radius 1 is 0.811 bits per heavy atom. The topological polar surface area (TPSA) is 79.2 Å². The molecule has 0 spiro atoms. The van der Waals surface area contributed by atoms with E-state index in [1.807, 2.05) is 24.8 Å². The zero-order valence-corrected chi connectivity index (χ0v) is 20.1. The number of anilines is 2. The second kappa shape index (κ2) is 9.56. The maximum Gasteiger partial charge on any atom is 0.416 e. The van der Waals surface area contributed by atoms with E-state index in [1.165, 1.54) is 4.90 Å². The van der Waals surface area contributed by atoms with E-state index in [0.717, 1.165) is 11.4 Å². The quantitative estimate of drug-likeness (QED) is 0.487. The van der Waals surface area contributed by atoms with E-state index in [0.29, 0.717) is 42.7 Å². The van der Waals surface area contributed by atoms with Gasteiger partial charge in [0.25, 0.3) is 0 Å². The number of carbonyl (C=O) groups is 1. The molecule has 4 rings (SSSR count). The first-order valence-electron chi connectivity index (χ1n) is 11.2. The normalized spacial score (nSPS) is 14.7. The number of urea groups is 1. The fraction of sp³-hybridized carbons (Fsp3) is 0.391. The van der Waals surface area contributed by atoms with Crippen molar-refractivity contribution < 1.29 is 31.1 Å². The zero-order chi connectivity index (χ0) is 27.1. The molecule has 8 nitrogen and oxygen atoms in total. The van der Waals surface area contributed by atoms with Crippen LogP contribution >= 0.6 is 0 Å². The number of halogens is 6. The van der Waals surface area contributed by atoms with E-state index in [1.54, 1.807) is 17.7 Å². The number of nitrogens with one attached hydrogen (secondary N) is 1. The van der Waals surface area contributed by atoms with Crippen LogP contribution in [0.25, 0.3) is 5.82 Å². The molecule has 0 saturated carbocycles. The third-order valence-corrected chi connectivity index (χ3v) is 5.77. The summed E-state index contributed by atoms with van der Waals surface area (Å²) in [5.41, 5.74) is -1.86. The number of aromatic nitrogens is 4. The van der Waals surface area contributed by atoms with Crippen LogP contribution in [0.5, 0.6) is 0 Å². The number of amides is 2. The van der Waals surface area contributed by atoms with Gasteiger partial charge in [0.1, 0.15) is 11.6 Å². The van der Waals surface area contributed by atoms with Gasteiger partial charge in [-0.15, -0.1) is 0 Å². The Morgan fingerprint density at radius 2 is 1.38 bits per heavy atom. The first-order valence-corrected chi connectivity index (χ1v) is 11.2. The summed E-state index contributed by atoms with van der Waals surface area (Å²) in [5, 5.41) is 6.60. The number of nitrogens with zero attached hydrogens (tertiary/aromatic N) is 6. The molecule has 1 fully saturated rings. The molecule has 14 heteroatoms. The smallest absolute Gasteiger partial charge is 0.353 e. The lowest BCUT2D eigenvalue weighted by molar-refractivity contribution is -0.143. The van der Waals surface area contributed by atoms with E-state index in [-0.39, 0.29) is 19.2 Å². The number of alkyl halides is 6. The summed E-state index contributed by atoms with van der Waals surface area (Å²) >= 11 is 0. The van der Waals surface area contributed by atoms with Crippen molar-refractivity contribution in [3.05, 3.63) is 58.7 Å². The maximum absolute atomic E-state index is 13.1. The number of piperazine rings is 1. The molecular formula is C23H23F6N7O. The minimum atomic E-state index is -5.01. The Kier molecular flexibility index (Phi) is 6.78. The first kappa shape index (κ1) is 26.2. The van der Waals surface area contributed by atoms with Gasteiger partial charge in [0.05, 0.1) is 16.8 Å².